The van der Waals surface area contributed by atoms with Crippen LogP contribution in [0.4, 0.5) is 0 Å². The molecule has 2 N–H and O–H groups in total. The summed E-state index contributed by atoms with van der Waals surface area (Å²) in [5.41, 5.74) is 1.30. The number of ether oxygens (including phenoxy) is 1. The zero-order chi connectivity index (χ0) is 15.3. The van der Waals surface area contributed by atoms with Gasteiger partial charge in [0, 0.05) is 38.4 Å². The lowest BCUT2D eigenvalue weighted by atomic mass is 10.1. The van der Waals surface area contributed by atoms with Crippen LogP contribution in [0, 0.1) is 0 Å². The van der Waals surface area contributed by atoms with E-state index in [1.807, 2.05) is 12.1 Å². The summed E-state index contributed by atoms with van der Waals surface area (Å²) in [6.07, 6.45) is 3.02. The molecule has 1 aromatic rings. The molecule has 0 atom stereocenters. The normalized spacial score (nSPS) is 11.0. The molecule has 0 aromatic heterocycles. The van der Waals surface area contributed by atoms with E-state index >= 15 is 0 Å². The highest BCUT2D eigenvalue weighted by atomic mass is 127. The van der Waals surface area contributed by atoms with Crippen LogP contribution in [0.2, 0.25) is 5.02 Å². The summed E-state index contributed by atoms with van der Waals surface area (Å²) in [5.74, 6) is 0.879. The highest BCUT2D eigenvalue weighted by molar-refractivity contribution is 14.0. The van der Waals surface area contributed by atoms with Gasteiger partial charge in [-0.25, -0.2) is 0 Å². The summed E-state index contributed by atoms with van der Waals surface area (Å²) >= 11 is 5.87. The third kappa shape index (κ3) is 10.2. The number of nitrogens with one attached hydrogen (secondary N) is 2. The number of aliphatic imine (C=N–C) groups is 1. The number of guanidine groups is 1. The lowest BCUT2D eigenvalue weighted by Gasteiger charge is -2.11. The average Bonchev–Trinajstić information content (AvgIpc) is 2.49. The van der Waals surface area contributed by atoms with E-state index in [0.29, 0.717) is 0 Å². The number of methoxy groups -OCH3 is 1. The van der Waals surface area contributed by atoms with Gasteiger partial charge in [0.05, 0.1) is 0 Å². The second-order valence-electron chi connectivity index (χ2n) is 4.76. The molecule has 0 aliphatic carbocycles. The molecule has 6 heteroatoms. The molecule has 126 valence electrons. The molecule has 0 unspecified atom stereocenters. The van der Waals surface area contributed by atoms with Crippen LogP contribution in [0.5, 0.6) is 0 Å². The molecular weight excluding hydrogens is 413 g/mol. The lowest BCUT2D eigenvalue weighted by molar-refractivity contribution is 0.195. The molecule has 1 aromatic carbocycles. The number of aryl methyl sites for hydroxylation is 1. The zero-order valence-corrected chi connectivity index (χ0v) is 16.5. The highest BCUT2D eigenvalue weighted by Gasteiger charge is 1.97. The van der Waals surface area contributed by atoms with Crippen molar-refractivity contribution in [1.29, 1.82) is 0 Å². The van der Waals surface area contributed by atoms with Gasteiger partial charge in [-0.05, 0) is 43.9 Å². The van der Waals surface area contributed by atoms with Crippen molar-refractivity contribution in [2.45, 2.75) is 26.2 Å². The van der Waals surface area contributed by atoms with Gasteiger partial charge in [0.2, 0.25) is 0 Å². The number of hydrogen-bond donors (Lipinski definition) is 2. The molecule has 22 heavy (non-hydrogen) atoms. The molecule has 0 saturated carbocycles. The van der Waals surface area contributed by atoms with Crippen LogP contribution in [0.1, 0.15) is 25.3 Å². The monoisotopic (exact) mass is 439 g/mol. The number of halogens is 2. The first kappa shape index (κ1) is 21.5. The van der Waals surface area contributed by atoms with Crippen LogP contribution in [0.25, 0.3) is 0 Å². The van der Waals surface area contributed by atoms with Gasteiger partial charge in [0.15, 0.2) is 5.96 Å². The summed E-state index contributed by atoms with van der Waals surface area (Å²) in [6.45, 7) is 5.38. The Kier molecular flexibility index (Phi) is 13.7. The molecule has 0 aliphatic rings. The zero-order valence-electron chi connectivity index (χ0n) is 13.4. The molecule has 0 heterocycles. The van der Waals surface area contributed by atoms with E-state index in [1.54, 1.807) is 7.11 Å². The maximum atomic E-state index is 5.87. The van der Waals surface area contributed by atoms with E-state index in [1.165, 1.54) is 5.56 Å². The van der Waals surface area contributed by atoms with Crippen LogP contribution in [-0.4, -0.2) is 39.3 Å². The number of benzene rings is 1. The summed E-state index contributed by atoms with van der Waals surface area (Å²) in [6, 6.07) is 8.00. The molecule has 0 fully saturated rings. The minimum absolute atomic E-state index is 0. The second kappa shape index (κ2) is 14.1. The van der Waals surface area contributed by atoms with Crippen molar-refractivity contribution in [3.63, 3.8) is 0 Å². The molecule has 0 radical (unpaired) electrons. The number of rotatable bonds is 9. The lowest BCUT2D eigenvalue weighted by Crippen LogP contribution is -2.38. The molecule has 0 saturated heterocycles. The van der Waals surface area contributed by atoms with Crippen molar-refractivity contribution in [2.24, 2.45) is 4.99 Å². The van der Waals surface area contributed by atoms with Crippen molar-refractivity contribution in [1.82, 2.24) is 10.6 Å². The van der Waals surface area contributed by atoms with Gasteiger partial charge in [-0.15, -0.1) is 24.0 Å². The Morgan fingerprint density at radius 1 is 1.18 bits per heavy atom. The molecule has 1 rings (SSSR count). The Labute approximate surface area is 156 Å². The van der Waals surface area contributed by atoms with Crippen molar-refractivity contribution in [3.05, 3.63) is 34.9 Å². The Bertz CT molecular complexity index is 412. The Hall–Kier alpha value is -0.530. The molecule has 0 bridgehead atoms. The molecule has 0 spiro atoms. The fourth-order valence-electron chi connectivity index (χ4n) is 1.89. The molecule has 4 nitrogen and oxygen atoms in total. The second-order valence-corrected chi connectivity index (χ2v) is 5.20. The van der Waals surface area contributed by atoms with Gasteiger partial charge in [-0.1, -0.05) is 23.7 Å². The van der Waals surface area contributed by atoms with Crippen LogP contribution in [-0.2, 0) is 11.2 Å². The Morgan fingerprint density at radius 2 is 1.91 bits per heavy atom. The van der Waals surface area contributed by atoms with E-state index in [2.05, 4.69) is 34.7 Å². The third-order valence-corrected chi connectivity index (χ3v) is 3.22. The molecule has 0 aliphatic heterocycles. The highest BCUT2D eigenvalue weighted by Crippen LogP contribution is 2.10. The Morgan fingerprint density at radius 3 is 2.55 bits per heavy atom. The van der Waals surface area contributed by atoms with Gasteiger partial charge in [0.1, 0.15) is 0 Å². The van der Waals surface area contributed by atoms with Gasteiger partial charge >= 0.3 is 0 Å². The van der Waals surface area contributed by atoms with Crippen LogP contribution in [0.15, 0.2) is 29.3 Å². The topological polar surface area (TPSA) is 45.7 Å². The van der Waals surface area contributed by atoms with Gasteiger partial charge in [0.25, 0.3) is 0 Å². The van der Waals surface area contributed by atoms with E-state index in [-0.39, 0.29) is 24.0 Å². The first-order valence-electron chi connectivity index (χ1n) is 7.51. The number of nitrogens with zero attached hydrogens (tertiary/aromatic N) is 1. The van der Waals surface area contributed by atoms with Crippen LogP contribution in [0.3, 0.4) is 0 Å². The van der Waals surface area contributed by atoms with Gasteiger partial charge in [-0.3, -0.25) is 4.99 Å². The van der Waals surface area contributed by atoms with E-state index in [4.69, 9.17) is 16.3 Å². The minimum Gasteiger partial charge on any atom is -0.385 e. The maximum absolute atomic E-state index is 5.87. The molecular formula is C16H27ClIN3O. The summed E-state index contributed by atoms with van der Waals surface area (Å²) in [7, 11) is 1.72. The smallest absolute Gasteiger partial charge is 0.191 e. The van der Waals surface area contributed by atoms with Crippen molar-refractivity contribution in [3.8, 4) is 0 Å². The first-order valence-corrected chi connectivity index (χ1v) is 7.89. The Balaban J connectivity index is 0.00000441. The third-order valence-electron chi connectivity index (χ3n) is 2.97. The van der Waals surface area contributed by atoms with Crippen LogP contribution >= 0.6 is 35.6 Å². The average molecular weight is 440 g/mol. The van der Waals surface area contributed by atoms with E-state index < -0.39 is 0 Å². The predicted octanol–water partition coefficient (Wildman–Crippen LogP) is 3.48. The van der Waals surface area contributed by atoms with Crippen molar-refractivity contribution >= 4 is 41.5 Å². The largest absolute Gasteiger partial charge is 0.385 e. The fraction of sp³-hybridized carbons (Fsp3) is 0.562. The first-order chi connectivity index (χ1) is 10.3. The summed E-state index contributed by atoms with van der Waals surface area (Å²) in [5, 5.41) is 7.33. The van der Waals surface area contributed by atoms with Crippen molar-refractivity contribution in [2.75, 3.05) is 33.4 Å². The quantitative estimate of drug-likeness (QED) is 0.268. The van der Waals surface area contributed by atoms with E-state index in [9.17, 15) is 0 Å². The SMILES string of the molecule is CCNC(=NCCCc1ccc(Cl)cc1)NCCCOC.I. The van der Waals surface area contributed by atoms with Crippen LogP contribution < -0.4 is 10.6 Å². The van der Waals surface area contributed by atoms with E-state index in [0.717, 1.165) is 56.5 Å². The maximum Gasteiger partial charge on any atom is 0.191 e. The summed E-state index contributed by atoms with van der Waals surface area (Å²) in [4.78, 5) is 4.57. The summed E-state index contributed by atoms with van der Waals surface area (Å²) < 4.78 is 5.03. The standard InChI is InChI=1S/C16H26ClN3O.HI/c1-3-18-16(20-12-5-13-21-2)19-11-4-6-14-7-9-15(17)10-8-14;/h7-10H,3-6,11-13H2,1-2H3,(H2,18,19,20);1H. The van der Waals surface area contributed by atoms with Gasteiger partial charge < -0.3 is 15.4 Å². The van der Waals surface area contributed by atoms with Gasteiger partial charge in [-0.2, -0.15) is 0 Å². The molecule has 0 amide bonds. The predicted molar refractivity (Wildman–Crippen MR) is 106 cm³/mol. The van der Waals surface area contributed by atoms with Crippen molar-refractivity contribution < 1.29 is 4.74 Å². The fourth-order valence-corrected chi connectivity index (χ4v) is 2.02. The number of hydrogen-bond acceptors (Lipinski definition) is 2. The minimum atomic E-state index is 0.